The Morgan fingerprint density at radius 2 is 1.78 bits per heavy atom. The van der Waals surface area contributed by atoms with Gasteiger partial charge in [0.05, 0.1) is 12.8 Å². The molecule has 9 nitrogen and oxygen atoms in total. The minimum atomic E-state index is -3.50. The Morgan fingerprint density at radius 3 is 2.42 bits per heavy atom. The van der Waals surface area contributed by atoms with Gasteiger partial charge in [0.25, 0.3) is 5.91 Å². The summed E-state index contributed by atoms with van der Waals surface area (Å²) in [5.74, 6) is -0.411. The molecule has 1 heterocycles. The quantitative estimate of drug-likeness (QED) is 0.349. The van der Waals surface area contributed by atoms with E-state index in [1.54, 1.807) is 48.5 Å². The van der Waals surface area contributed by atoms with E-state index >= 15 is 0 Å². The van der Waals surface area contributed by atoms with Gasteiger partial charge >= 0.3 is 0 Å². The van der Waals surface area contributed by atoms with E-state index in [1.165, 1.54) is 24.2 Å². The summed E-state index contributed by atoms with van der Waals surface area (Å²) in [6, 6.07) is 22.1. The van der Waals surface area contributed by atoms with Crippen molar-refractivity contribution in [3.05, 3.63) is 101 Å². The van der Waals surface area contributed by atoms with Gasteiger partial charge in [0.15, 0.2) is 5.60 Å². The van der Waals surface area contributed by atoms with E-state index in [0.717, 1.165) is 6.26 Å². The van der Waals surface area contributed by atoms with Crippen LogP contribution in [0, 0.1) is 0 Å². The Bertz CT molecular complexity index is 1440. The van der Waals surface area contributed by atoms with Crippen LogP contribution in [0.5, 0.6) is 0 Å². The number of anilines is 1. The summed E-state index contributed by atoms with van der Waals surface area (Å²) < 4.78 is 25.4. The first-order valence-electron chi connectivity index (χ1n) is 10.9. The number of nitrogens with zero attached hydrogens (tertiary/aromatic N) is 3. The number of nitrogens with one attached hydrogen (secondary N) is 2. The van der Waals surface area contributed by atoms with Crippen molar-refractivity contribution in [3.8, 4) is 0 Å². The summed E-state index contributed by atoms with van der Waals surface area (Å²) in [5.41, 5.74) is 0.638. The molecule has 0 bridgehead atoms. The van der Waals surface area contributed by atoms with Gasteiger partial charge < -0.3 is 5.11 Å². The lowest BCUT2D eigenvalue weighted by atomic mass is 9.86. The number of benzene rings is 3. The molecule has 0 aromatic heterocycles. The SMILES string of the molecule is CN=C(NC(=O)c1cccc(NS(C)(=O)=O)c1)N1CC(O)(c2ccccc2)C(c2ccc(Cl)cc2)=N1. The zero-order valence-electron chi connectivity index (χ0n) is 19.5. The summed E-state index contributed by atoms with van der Waals surface area (Å²) in [7, 11) is -2.01. The van der Waals surface area contributed by atoms with Crippen molar-refractivity contribution in [1.29, 1.82) is 0 Å². The Morgan fingerprint density at radius 1 is 1.08 bits per heavy atom. The van der Waals surface area contributed by atoms with Gasteiger partial charge in [-0.15, -0.1) is 0 Å². The number of guanidine groups is 1. The van der Waals surface area contributed by atoms with Crippen LogP contribution in [0.3, 0.4) is 0 Å². The second-order valence-electron chi connectivity index (χ2n) is 8.20. The van der Waals surface area contributed by atoms with E-state index in [-0.39, 0.29) is 23.8 Å². The van der Waals surface area contributed by atoms with Crippen molar-refractivity contribution in [2.45, 2.75) is 5.60 Å². The largest absolute Gasteiger partial charge is 0.377 e. The number of β-amino-alcohol motifs (C(OH)–C–C–N with tert-alkyl or cyclic N) is 1. The Balaban J connectivity index is 1.64. The number of rotatable bonds is 5. The maximum Gasteiger partial charge on any atom is 0.258 e. The van der Waals surface area contributed by atoms with Crippen LogP contribution in [0.1, 0.15) is 21.5 Å². The molecule has 11 heteroatoms. The third-order valence-corrected chi connectivity index (χ3v) is 6.33. The molecular formula is C25H24ClN5O4S. The smallest absolute Gasteiger partial charge is 0.258 e. The summed E-state index contributed by atoms with van der Waals surface area (Å²) in [5, 5.41) is 21.1. The number of sulfonamides is 1. The lowest BCUT2D eigenvalue weighted by Crippen LogP contribution is -2.45. The standard InChI is InChI=1S/C25H24ClN5O4S/c1-27-24(28-23(32)18-7-6-10-21(15-18)30-36(2,34)35)31-16-25(33,19-8-4-3-5-9-19)22(29-31)17-11-13-20(26)14-12-17/h3-15,30,33H,16H2,1-2H3,(H,27,28,32). The van der Waals surface area contributed by atoms with Crippen LogP contribution >= 0.6 is 11.6 Å². The zero-order chi connectivity index (χ0) is 25.9. The van der Waals surface area contributed by atoms with Gasteiger partial charge in [-0.2, -0.15) is 5.10 Å². The number of hydrazone groups is 1. The van der Waals surface area contributed by atoms with Crippen LogP contribution in [-0.2, 0) is 15.6 Å². The monoisotopic (exact) mass is 525 g/mol. The molecule has 1 aliphatic rings. The molecule has 1 atom stereocenters. The summed E-state index contributed by atoms with van der Waals surface area (Å²) in [6.07, 6.45) is 1.03. The van der Waals surface area contributed by atoms with Crippen LogP contribution in [-0.4, -0.2) is 56.0 Å². The highest BCUT2D eigenvalue weighted by molar-refractivity contribution is 7.92. The summed E-state index contributed by atoms with van der Waals surface area (Å²) in [4.78, 5) is 17.2. The van der Waals surface area contributed by atoms with E-state index in [0.29, 0.717) is 21.9 Å². The number of halogens is 1. The molecule has 36 heavy (non-hydrogen) atoms. The number of hydrogen-bond acceptors (Lipinski definition) is 6. The Labute approximate surface area is 214 Å². The molecule has 0 aliphatic carbocycles. The third kappa shape index (κ3) is 5.56. The number of carbonyl (C=O) groups excluding carboxylic acids is 1. The second-order valence-corrected chi connectivity index (χ2v) is 10.4. The van der Waals surface area contributed by atoms with Crippen molar-refractivity contribution in [1.82, 2.24) is 10.3 Å². The number of amides is 1. The average molecular weight is 526 g/mol. The molecular weight excluding hydrogens is 502 g/mol. The van der Waals surface area contributed by atoms with E-state index in [9.17, 15) is 18.3 Å². The fraction of sp³-hybridized carbons (Fsp3) is 0.160. The number of aliphatic imine (C=N–C) groups is 1. The van der Waals surface area contributed by atoms with Gasteiger partial charge in [-0.25, -0.2) is 13.4 Å². The minimum Gasteiger partial charge on any atom is -0.377 e. The van der Waals surface area contributed by atoms with Crippen LogP contribution in [0.2, 0.25) is 5.02 Å². The topological polar surface area (TPSA) is 123 Å². The number of hydrogen-bond donors (Lipinski definition) is 3. The Hall–Kier alpha value is -3.73. The Kier molecular flexibility index (Phi) is 7.11. The van der Waals surface area contributed by atoms with Gasteiger partial charge in [-0.05, 0) is 35.9 Å². The van der Waals surface area contributed by atoms with E-state index < -0.39 is 21.5 Å². The van der Waals surface area contributed by atoms with Crippen molar-refractivity contribution in [2.24, 2.45) is 10.1 Å². The van der Waals surface area contributed by atoms with Gasteiger partial charge in [0.1, 0.15) is 5.71 Å². The van der Waals surface area contributed by atoms with Gasteiger partial charge in [-0.1, -0.05) is 60.1 Å². The molecule has 4 rings (SSSR count). The highest BCUT2D eigenvalue weighted by atomic mass is 35.5. The predicted molar refractivity (Wildman–Crippen MR) is 141 cm³/mol. The first-order valence-corrected chi connectivity index (χ1v) is 13.1. The van der Waals surface area contributed by atoms with E-state index in [4.69, 9.17) is 11.6 Å². The summed E-state index contributed by atoms with van der Waals surface area (Å²) >= 11 is 6.05. The molecule has 3 aromatic rings. The minimum absolute atomic E-state index is 0.00238. The fourth-order valence-electron chi connectivity index (χ4n) is 3.85. The first kappa shape index (κ1) is 25.4. The fourth-order valence-corrected chi connectivity index (χ4v) is 4.53. The molecule has 3 N–H and O–H groups in total. The lowest BCUT2D eigenvalue weighted by molar-refractivity contribution is 0.0944. The average Bonchev–Trinajstić information content (AvgIpc) is 3.21. The highest BCUT2D eigenvalue weighted by Gasteiger charge is 2.44. The molecule has 1 unspecified atom stereocenters. The highest BCUT2D eigenvalue weighted by Crippen LogP contribution is 2.33. The number of carbonyl (C=O) groups is 1. The second kappa shape index (κ2) is 10.1. The van der Waals surface area contributed by atoms with Crippen molar-refractivity contribution < 1.29 is 18.3 Å². The van der Waals surface area contributed by atoms with E-state index in [2.05, 4.69) is 20.1 Å². The van der Waals surface area contributed by atoms with Gasteiger partial charge in [0.2, 0.25) is 16.0 Å². The normalized spacial score (nSPS) is 18.1. The zero-order valence-corrected chi connectivity index (χ0v) is 21.1. The van der Waals surface area contributed by atoms with Crippen molar-refractivity contribution in [3.63, 3.8) is 0 Å². The lowest BCUT2D eigenvalue weighted by Gasteiger charge is -2.26. The van der Waals surface area contributed by atoms with Crippen LogP contribution in [0.4, 0.5) is 5.69 Å². The molecule has 3 aromatic carbocycles. The molecule has 1 aliphatic heterocycles. The van der Waals surface area contributed by atoms with Gasteiger partial charge in [0, 0.05) is 28.9 Å². The molecule has 0 saturated heterocycles. The van der Waals surface area contributed by atoms with Crippen molar-refractivity contribution >= 4 is 44.9 Å². The van der Waals surface area contributed by atoms with E-state index in [1.807, 2.05) is 18.2 Å². The maximum absolute atomic E-state index is 13.0. The maximum atomic E-state index is 13.0. The molecule has 1 amide bonds. The predicted octanol–water partition coefficient (Wildman–Crippen LogP) is 3.03. The molecule has 186 valence electrons. The van der Waals surface area contributed by atoms with Crippen LogP contribution in [0.15, 0.2) is 89.0 Å². The van der Waals surface area contributed by atoms with Crippen molar-refractivity contribution in [2.75, 3.05) is 24.6 Å². The molecule has 0 saturated carbocycles. The molecule has 0 spiro atoms. The molecule has 0 fully saturated rings. The first-order chi connectivity index (χ1) is 17.1. The van der Waals surface area contributed by atoms with Crippen LogP contribution in [0.25, 0.3) is 0 Å². The van der Waals surface area contributed by atoms with Crippen LogP contribution < -0.4 is 10.0 Å². The van der Waals surface area contributed by atoms with Gasteiger partial charge in [-0.3, -0.25) is 19.8 Å². The molecule has 0 radical (unpaired) electrons. The summed E-state index contributed by atoms with van der Waals surface area (Å²) in [6.45, 7) is -0.00238. The third-order valence-electron chi connectivity index (χ3n) is 5.47. The number of aliphatic hydroxyl groups is 1.